The van der Waals surface area contributed by atoms with Crippen LogP contribution in [0.4, 0.5) is 0 Å². The first-order valence-electron chi connectivity index (χ1n) is 4.00. The Hall–Kier alpha value is -0.270. The first-order chi connectivity index (χ1) is 6.06. The molecule has 76 valence electrons. The molecular weight excluding hydrogens is 192 g/mol. The van der Waals surface area contributed by atoms with E-state index in [9.17, 15) is 5.11 Å². The quantitative estimate of drug-likeness (QED) is 0.316. The standard InChI is InChI=1S/C9H15ClO3/c1-9(2,11)4-3-6-12-8-13-7-5-10/h11H,5-8H2,1-2H3. The molecule has 4 heteroatoms. The average Bonchev–Trinajstić information content (AvgIpc) is 2.01. The maximum Gasteiger partial charge on any atom is 0.148 e. The maximum atomic E-state index is 9.18. The van der Waals surface area contributed by atoms with Gasteiger partial charge in [-0.1, -0.05) is 11.8 Å². The molecule has 1 N–H and O–H groups in total. The molecule has 0 radical (unpaired) electrons. The lowest BCUT2D eigenvalue weighted by atomic mass is 10.1. The predicted octanol–water partition coefficient (Wildman–Crippen LogP) is 0.990. The lowest BCUT2D eigenvalue weighted by molar-refractivity contribution is -0.0365. The molecule has 3 nitrogen and oxygen atoms in total. The Labute approximate surface area is 84.0 Å². The van der Waals surface area contributed by atoms with Gasteiger partial charge in [-0.15, -0.1) is 11.6 Å². The minimum Gasteiger partial charge on any atom is -0.378 e. The zero-order valence-corrected chi connectivity index (χ0v) is 8.73. The van der Waals surface area contributed by atoms with Crippen molar-refractivity contribution in [3.05, 3.63) is 0 Å². The molecule has 0 saturated heterocycles. The van der Waals surface area contributed by atoms with Crippen LogP contribution in [0, 0.1) is 11.8 Å². The van der Waals surface area contributed by atoms with Crippen molar-refractivity contribution in [1.29, 1.82) is 0 Å². The van der Waals surface area contributed by atoms with E-state index in [1.54, 1.807) is 13.8 Å². The normalized spacial score (nSPS) is 10.8. The zero-order valence-electron chi connectivity index (χ0n) is 7.97. The molecule has 0 unspecified atom stereocenters. The first-order valence-corrected chi connectivity index (χ1v) is 4.53. The van der Waals surface area contributed by atoms with Gasteiger partial charge < -0.3 is 14.6 Å². The van der Waals surface area contributed by atoms with Crippen LogP contribution in [0.2, 0.25) is 0 Å². The zero-order chi connectivity index (χ0) is 10.2. The van der Waals surface area contributed by atoms with Crippen LogP contribution in [0.15, 0.2) is 0 Å². The summed E-state index contributed by atoms with van der Waals surface area (Å²) in [6.45, 7) is 4.15. The van der Waals surface area contributed by atoms with Gasteiger partial charge in [-0.2, -0.15) is 0 Å². The topological polar surface area (TPSA) is 38.7 Å². The largest absolute Gasteiger partial charge is 0.378 e. The maximum absolute atomic E-state index is 9.18. The van der Waals surface area contributed by atoms with Crippen LogP contribution in [-0.2, 0) is 9.47 Å². The van der Waals surface area contributed by atoms with Crippen LogP contribution in [0.1, 0.15) is 13.8 Å². The molecule has 0 aromatic rings. The summed E-state index contributed by atoms with van der Waals surface area (Å²) in [6, 6.07) is 0. The molecule has 0 spiro atoms. The van der Waals surface area contributed by atoms with E-state index in [0.717, 1.165) is 0 Å². The van der Waals surface area contributed by atoms with E-state index in [0.29, 0.717) is 12.5 Å². The van der Waals surface area contributed by atoms with Crippen LogP contribution in [0.3, 0.4) is 0 Å². The molecule has 0 aliphatic heterocycles. The summed E-state index contributed by atoms with van der Waals surface area (Å²) in [6.07, 6.45) is 0. The lowest BCUT2D eigenvalue weighted by Gasteiger charge is -2.06. The molecule has 0 aliphatic rings. The van der Waals surface area contributed by atoms with Crippen molar-refractivity contribution in [1.82, 2.24) is 0 Å². The fourth-order valence-corrected chi connectivity index (χ4v) is 0.627. The fourth-order valence-electron chi connectivity index (χ4n) is 0.517. The molecule has 0 aliphatic carbocycles. The lowest BCUT2D eigenvalue weighted by Crippen LogP contribution is -2.15. The van der Waals surface area contributed by atoms with Gasteiger partial charge in [-0.3, -0.25) is 0 Å². The Balaban J connectivity index is 3.28. The molecule has 0 saturated carbocycles. The van der Waals surface area contributed by atoms with E-state index in [1.807, 2.05) is 0 Å². The number of aliphatic hydroxyl groups is 1. The molecule has 13 heavy (non-hydrogen) atoms. The van der Waals surface area contributed by atoms with Crippen molar-refractivity contribution in [2.45, 2.75) is 19.4 Å². The van der Waals surface area contributed by atoms with Gasteiger partial charge in [0.05, 0.1) is 6.61 Å². The number of halogens is 1. The van der Waals surface area contributed by atoms with E-state index < -0.39 is 5.60 Å². The summed E-state index contributed by atoms with van der Waals surface area (Å²) < 4.78 is 9.90. The molecule has 0 fully saturated rings. The van der Waals surface area contributed by atoms with Crippen molar-refractivity contribution in [2.75, 3.05) is 25.9 Å². The van der Waals surface area contributed by atoms with Crippen LogP contribution in [0.5, 0.6) is 0 Å². The minimum absolute atomic E-state index is 0.188. The van der Waals surface area contributed by atoms with E-state index in [1.165, 1.54) is 0 Å². The van der Waals surface area contributed by atoms with Gasteiger partial charge in [-0.25, -0.2) is 0 Å². The van der Waals surface area contributed by atoms with Gasteiger partial charge in [0.2, 0.25) is 0 Å². The molecule has 0 bridgehead atoms. The van der Waals surface area contributed by atoms with Crippen molar-refractivity contribution in [3.63, 3.8) is 0 Å². The molecule has 0 aromatic heterocycles. The number of alkyl halides is 1. The van der Waals surface area contributed by atoms with E-state index in [2.05, 4.69) is 11.8 Å². The van der Waals surface area contributed by atoms with Crippen molar-refractivity contribution < 1.29 is 14.6 Å². The van der Waals surface area contributed by atoms with Crippen molar-refractivity contribution >= 4 is 11.6 Å². The van der Waals surface area contributed by atoms with Crippen LogP contribution >= 0.6 is 11.6 Å². The fraction of sp³-hybridized carbons (Fsp3) is 0.778. The molecule has 0 heterocycles. The molecule has 0 rings (SSSR count). The average molecular weight is 207 g/mol. The van der Waals surface area contributed by atoms with E-state index in [-0.39, 0.29) is 13.4 Å². The second-order valence-electron chi connectivity index (χ2n) is 2.92. The van der Waals surface area contributed by atoms with Gasteiger partial charge >= 0.3 is 0 Å². The Morgan fingerprint density at radius 2 is 2.08 bits per heavy atom. The number of hydrogen-bond acceptors (Lipinski definition) is 3. The Bertz CT molecular complexity index is 176. The van der Waals surface area contributed by atoms with Gasteiger partial charge in [0.25, 0.3) is 0 Å². The second kappa shape index (κ2) is 7.16. The molecular formula is C9H15ClO3. The Kier molecular flexibility index (Phi) is 7.02. The third-order valence-electron chi connectivity index (χ3n) is 0.957. The summed E-state index contributed by atoms with van der Waals surface area (Å²) in [4.78, 5) is 0. The van der Waals surface area contributed by atoms with Crippen LogP contribution in [-0.4, -0.2) is 36.6 Å². The van der Waals surface area contributed by atoms with Crippen LogP contribution < -0.4 is 0 Å². The third kappa shape index (κ3) is 11.7. The highest BCUT2D eigenvalue weighted by Crippen LogP contribution is 1.95. The summed E-state index contributed by atoms with van der Waals surface area (Å²) in [7, 11) is 0. The minimum atomic E-state index is -0.958. The molecule has 0 atom stereocenters. The monoisotopic (exact) mass is 206 g/mol. The predicted molar refractivity (Wildman–Crippen MR) is 51.6 cm³/mol. The van der Waals surface area contributed by atoms with E-state index >= 15 is 0 Å². The highest BCUT2D eigenvalue weighted by molar-refractivity contribution is 6.17. The third-order valence-corrected chi connectivity index (χ3v) is 1.11. The number of hydrogen-bond donors (Lipinski definition) is 1. The van der Waals surface area contributed by atoms with Gasteiger partial charge in [0.1, 0.15) is 19.0 Å². The second-order valence-corrected chi connectivity index (χ2v) is 3.30. The Morgan fingerprint density at radius 3 is 2.62 bits per heavy atom. The summed E-state index contributed by atoms with van der Waals surface area (Å²) in [5, 5.41) is 9.18. The molecule has 0 amide bonds. The summed E-state index contributed by atoms with van der Waals surface area (Å²) in [5.41, 5.74) is -0.958. The van der Waals surface area contributed by atoms with Crippen molar-refractivity contribution in [2.24, 2.45) is 0 Å². The Morgan fingerprint density at radius 1 is 1.38 bits per heavy atom. The smallest absolute Gasteiger partial charge is 0.148 e. The van der Waals surface area contributed by atoms with Gasteiger partial charge in [0.15, 0.2) is 0 Å². The van der Waals surface area contributed by atoms with Crippen LogP contribution in [0.25, 0.3) is 0 Å². The summed E-state index contributed by atoms with van der Waals surface area (Å²) in [5.74, 6) is 5.74. The van der Waals surface area contributed by atoms with Gasteiger partial charge in [-0.05, 0) is 13.8 Å². The first kappa shape index (κ1) is 12.7. The summed E-state index contributed by atoms with van der Waals surface area (Å²) >= 11 is 5.36. The highest BCUT2D eigenvalue weighted by atomic mass is 35.5. The van der Waals surface area contributed by atoms with E-state index in [4.69, 9.17) is 21.1 Å². The van der Waals surface area contributed by atoms with Gasteiger partial charge in [0, 0.05) is 5.88 Å². The molecule has 0 aromatic carbocycles. The van der Waals surface area contributed by atoms with Crippen molar-refractivity contribution in [3.8, 4) is 11.8 Å². The highest BCUT2D eigenvalue weighted by Gasteiger charge is 2.04. The number of ether oxygens (including phenoxy) is 2. The number of rotatable bonds is 5. The SMILES string of the molecule is CC(C)(O)C#CCOCOCCCl.